The molecule has 0 saturated heterocycles. The smallest absolute Gasteiger partial charge is 0.138 e. The van der Waals surface area contributed by atoms with Crippen molar-refractivity contribution in [3.63, 3.8) is 0 Å². The molecule has 0 saturated carbocycles. The summed E-state index contributed by atoms with van der Waals surface area (Å²) in [5.74, 6) is 1.53. The number of aromatic nitrogens is 1. The Morgan fingerprint density at radius 2 is 1.95 bits per heavy atom. The average Bonchev–Trinajstić information content (AvgIpc) is 2.46. The van der Waals surface area contributed by atoms with Crippen LogP contribution in [0.2, 0.25) is 5.02 Å². The van der Waals surface area contributed by atoms with Crippen molar-refractivity contribution >= 4 is 23.4 Å². The maximum Gasteiger partial charge on any atom is 0.138 e. The summed E-state index contributed by atoms with van der Waals surface area (Å²) >= 11 is 7.57. The Morgan fingerprint density at radius 1 is 1.24 bits per heavy atom. The maximum atomic E-state index is 6.23. The lowest BCUT2D eigenvalue weighted by molar-refractivity contribution is 0.241. The SMILES string of the molecule is CC(C)Oc1cncc(C(N)CSc2ccc(Cl)cc2)c1. The van der Waals surface area contributed by atoms with E-state index in [-0.39, 0.29) is 12.1 Å². The van der Waals surface area contributed by atoms with Gasteiger partial charge in [0.2, 0.25) is 0 Å². The summed E-state index contributed by atoms with van der Waals surface area (Å²) in [6.07, 6.45) is 3.63. The van der Waals surface area contributed by atoms with Crippen molar-refractivity contribution in [3.05, 3.63) is 53.3 Å². The lowest BCUT2D eigenvalue weighted by Gasteiger charge is -2.14. The number of nitrogens with two attached hydrogens (primary N) is 1. The number of ether oxygens (including phenoxy) is 1. The summed E-state index contributed by atoms with van der Waals surface area (Å²) in [5, 5.41) is 0.742. The zero-order chi connectivity index (χ0) is 15.2. The van der Waals surface area contributed by atoms with Crippen LogP contribution in [0.4, 0.5) is 0 Å². The van der Waals surface area contributed by atoms with Gasteiger partial charge in [0.15, 0.2) is 0 Å². The topological polar surface area (TPSA) is 48.1 Å². The molecule has 1 aromatic heterocycles. The van der Waals surface area contributed by atoms with E-state index < -0.39 is 0 Å². The van der Waals surface area contributed by atoms with E-state index in [9.17, 15) is 0 Å². The van der Waals surface area contributed by atoms with Gasteiger partial charge in [0.1, 0.15) is 5.75 Å². The summed E-state index contributed by atoms with van der Waals surface area (Å²) in [4.78, 5) is 5.34. The van der Waals surface area contributed by atoms with Crippen LogP contribution >= 0.6 is 23.4 Å². The van der Waals surface area contributed by atoms with Gasteiger partial charge in [0, 0.05) is 27.9 Å². The molecule has 0 fully saturated rings. The normalized spacial score (nSPS) is 12.4. The van der Waals surface area contributed by atoms with Gasteiger partial charge in [-0.15, -0.1) is 11.8 Å². The third-order valence-electron chi connectivity index (χ3n) is 2.78. The average molecular weight is 323 g/mol. The Kier molecular flexibility index (Phi) is 5.91. The molecule has 3 nitrogen and oxygen atoms in total. The fourth-order valence-corrected chi connectivity index (χ4v) is 2.81. The molecule has 0 bridgehead atoms. The summed E-state index contributed by atoms with van der Waals surface area (Å²) in [7, 11) is 0. The van der Waals surface area contributed by atoms with E-state index in [0.717, 1.165) is 27.0 Å². The van der Waals surface area contributed by atoms with Gasteiger partial charge in [-0.05, 0) is 49.7 Å². The molecule has 1 unspecified atom stereocenters. The molecule has 0 spiro atoms. The molecule has 5 heteroatoms. The predicted molar refractivity (Wildman–Crippen MR) is 89.1 cm³/mol. The van der Waals surface area contributed by atoms with Crippen molar-refractivity contribution in [2.75, 3.05) is 5.75 Å². The van der Waals surface area contributed by atoms with Crippen LogP contribution in [-0.2, 0) is 0 Å². The molecule has 0 aliphatic heterocycles. The van der Waals surface area contributed by atoms with Gasteiger partial charge in [-0.2, -0.15) is 0 Å². The van der Waals surface area contributed by atoms with Crippen LogP contribution in [0.3, 0.4) is 0 Å². The highest BCUT2D eigenvalue weighted by atomic mass is 35.5. The fourth-order valence-electron chi connectivity index (χ4n) is 1.79. The third kappa shape index (κ3) is 5.23. The van der Waals surface area contributed by atoms with Crippen LogP contribution in [-0.4, -0.2) is 16.8 Å². The van der Waals surface area contributed by atoms with Crippen LogP contribution < -0.4 is 10.5 Å². The van der Waals surface area contributed by atoms with Crippen molar-refractivity contribution in [2.45, 2.75) is 30.9 Å². The van der Waals surface area contributed by atoms with Gasteiger partial charge >= 0.3 is 0 Å². The number of hydrogen-bond donors (Lipinski definition) is 1. The Labute approximate surface area is 134 Å². The quantitative estimate of drug-likeness (QED) is 0.805. The van der Waals surface area contributed by atoms with E-state index in [1.165, 1.54) is 0 Å². The first kappa shape index (κ1) is 16.1. The number of halogens is 1. The number of thioether (sulfide) groups is 1. The third-order valence-corrected chi connectivity index (χ3v) is 4.16. The molecule has 112 valence electrons. The van der Waals surface area contributed by atoms with E-state index in [1.807, 2.05) is 44.2 Å². The van der Waals surface area contributed by atoms with Gasteiger partial charge in [-0.25, -0.2) is 0 Å². The standard InChI is InChI=1S/C16H19ClN2OS/c1-11(2)20-14-7-12(8-19-9-14)16(18)10-21-15-5-3-13(17)4-6-15/h3-9,11,16H,10,18H2,1-2H3. The summed E-state index contributed by atoms with van der Waals surface area (Å²) < 4.78 is 5.64. The molecule has 0 aliphatic rings. The lowest BCUT2D eigenvalue weighted by Crippen LogP contribution is -2.14. The van der Waals surface area contributed by atoms with Crippen LogP contribution in [0.15, 0.2) is 47.6 Å². The van der Waals surface area contributed by atoms with E-state index in [2.05, 4.69) is 4.98 Å². The van der Waals surface area contributed by atoms with Crippen molar-refractivity contribution in [2.24, 2.45) is 5.73 Å². The molecule has 0 radical (unpaired) electrons. The predicted octanol–water partition coefficient (Wildman–Crippen LogP) is 4.31. The number of nitrogens with zero attached hydrogens (tertiary/aromatic N) is 1. The highest BCUT2D eigenvalue weighted by Crippen LogP contribution is 2.26. The lowest BCUT2D eigenvalue weighted by atomic mass is 10.1. The zero-order valence-electron chi connectivity index (χ0n) is 12.1. The second-order valence-electron chi connectivity index (χ2n) is 4.99. The minimum Gasteiger partial charge on any atom is -0.489 e. The molecule has 2 aromatic rings. The highest BCUT2D eigenvalue weighted by Gasteiger charge is 2.09. The Balaban J connectivity index is 1.96. The largest absolute Gasteiger partial charge is 0.489 e. The molecular formula is C16H19ClN2OS. The monoisotopic (exact) mass is 322 g/mol. The zero-order valence-corrected chi connectivity index (χ0v) is 13.7. The van der Waals surface area contributed by atoms with E-state index in [1.54, 1.807) is 24.2 Å². The maximum absolute atomic E-state index is 6.23. The first-order valence-corrected chi connectivity index (χ1v) is 8.16. The van der Waals surface area contributed by atoms with Crippen LogP contribution in [0.1, 0.15) is 25.5 Å². The minimum absolute atomic E-state index is 0.0890. The molecule has 2 rings (SSSR count). The van der Waals surface area contributed by atoms with E-state index in [0.29, 0.717) is 0 Å². The Bertz CT molecular complexity index is 575. The molecule has 1 atom stereocenters. The molecular weight excluding hydrogens is 304 g/mol. The Morgan fingerprint density at radius 3 is 2.62 bits per heavy atom. The van der Waals surface area contributed by atoms with Gasteiger partial charge in [0.05, 0.1) is 12.3 Å². The number of benzene rings is 1. The molecule has 1 heterocycles. The van der Waals surface area contributed by atoms with Crippen molar-refractivity contribution < 1.29 is 4.74 Å². The van der Waals surface area contributed by atoms with Crippen LogP contribution in [0.5, 0.6) is 5.75 Å². The number of rotatable bonds is 6. The summed E-state index contributed by atoms with van der Waals surface area (Å²) in [6.45, 7) is 3.98. The van der Waals surface area contributed by atoms with Gasteiger partial charge in [-0.1, -0.05) is 11.6 Å². The second-order valence-corrected chi connectivity index (χ2v) is 6.52. The van der Waals surface area contributed by atoms with E-state index in [4.69, 9.17) is 22.1 Å². The molecule has 2 N–H and O–H groups in total. The van der Waals surface area contributed by atoms with Gasteiger partial charge in [0.25, 0.3) is 0 Å². The minimum atomic E-state index is -0.0890. The van der Waals surface area contributed by atoms with Crippen molar-refractivity contribution in [1.29, 1.82) is 0 Å². The molecule has 0 aliphatic carbocycles. The fraction of sp³-hybridized carbons (Fsp3) is 0.312. The second kappa shape index (κ2) is 7.69. The molecule has 1 aromatic carbocycles. The first-order chi connectivity index (χ1) is 10.0. The van der Waals surface area contributed by atoms with Gasteiger partial charge < -0.3 is 10.5 Å². The number of hydrogen-bond acceptors (Lipinski definition) is 4. The van der Waals surface area contributed by atoms with Crippen molar-refractivity contribution in [3.8, 4) is 5.75 Å². The molecule has 21 heavy (non-hydrogen) atoms. The van der Waals surface area contributed by atoms with Crippen molar-refractivity contribution in [1.82, 2.24) is 4.98 Å². The Hall–Kier alpha value is -1.23. The summed E-state index contributed by atoms with van der Waals surface area (Å²) in [5.41, 5.74) is 7.21. The summed E-state index contributed by atoms with van der Waals surface area (Å²) in [6, 6.07) is 9.63. The van der Waals surface area contributed by atoms with Crippen LogP contribution in [0, 0.1) is 0 Å². The van der Waals surface area contributed by atoms with Crippen LogP contribution in [0.25, 0.3) is 0 Å². The van der Waals surface area contributed by atoms with Gasteiger partial charge in [-0.3, -0.25) is 4.98 Å². The highest BCUT2D eigenvalue weighted by molar-refractivity contribution is 7.99. The molecule has 0 amide bonds. The van der Waals surface area contributed by atoms with E-state index >= 15 is 0 Å². The number of pyridine rings is 1. The first-order valence-electron chi connectivity index (χ1n) is 6.80.